The summed E-state index contributed by atoms with van der Waals surface area (Å²) in [6, 6.07) is 5.91. The second-order valence-electron chi connectivity index (χ2n) is 2.72. The van der Waals surface area contributed by atoms with Gasteiger partial charge in [-0.1, -0.05) is 17.7 Å². The van der Waals surface area contributed by atoms with Crippen molar-refractivity contribution in [2.45, 2.75) is 11.9 Å². The molecule has 0 amide bonds. The van der Waals surface area contributed by atoms with Gasteiger partial charge < -0.3 is 4.40 Å². The Labute approximate surface area is 81.4 Å². The van der Waals surface area contributed by atoms with Crippen molar-refractivity contribution in [3.8, 4) is 0 Å². The highest BCUT2D eigenvalue weighted by molar-refractivity contribution is 7.80. The summed E-state index contributed by atoms with van der Waals surface area (Å²) in [6.07, 6.45) is 1.95. The van der Waals surface area contributed by atoms with Gasteiger partial charge in [-0.3, -0.25) is 0 Å². The van der Waals surface area contributed by atoms with Gasteiger partial charge in [0.15, 0.2) is 0 Å². The van der Waals surface area contributed by atoms with Gasteiger partial charge in [0.2, 0.25) is 0 Å². The highest BCUT2D eigenvalue weighted by Gasteiger charge is 2.08. The van der Waals surface area contributed by atoms with E-state index in [9.17, 15) is 0 Å². The van der Waals surface area contributed by atoms with Crippen LogP contribution in [0.5, 0.6) is 0 Å². The average Bonchev–Trinajstić information content (AvgIpc) is 2.33. The standard InChI is InChI=1S/C9H8ClNS/c1-6-8(10)7-4-2-3-5-11(7)9(6)12/h2-5,12H,1H3. The van der Waals surface area contributed by atoms with Crippen LogP contribution in [-0.2, 0) is 0 Å². The maximum absolute atomic E-state index is 6.08. The summed E-state index contributed by atoms with van der Waals surface area (Å²) in [5.74, 6) is 0. The maximum atomic E-state index is 6.08. The molecule has 2 aromatic heterocycles. The summed E-state index contributed by atoms with van der Waals surface area (Å²) in [5, 5.41) is 1.70. The van der Waals surface area contributed by atoms with E-state index in [1.807, 2.05) is 35.7 Å². The van der Waals surface area contributed by atoms with Crippen molar-refractivity contribution >= 4 is 29.7 Å². The second kappa shape index (κ2) is 2.71. The number of pyridine rings is 1. The lowest BCUT2D eigenvalue weighted by molar-refractivity contribution is 1.03. The van der Waals surface area contributed by atoms with Crippen molar-refractivity contribution in [3.05, 3.63) is 35.0 Å². The largest absolute Gasteiger partial charge is 0.310 e. The molecule has 0 atom stereocenters. The Balaban J connectivity index is 2.99. The van der Waals surface area contributed by atoms with Crippen LogP contribution in [0.4, 0.5) is 0 Å². The third-order valence-corrected chi connectivity index (χ3v) is 3.01. The fourth-order valence-electron chi connectivity index (χ4n) is 1.28. The van der Waals surface area contributed by atoms with Crippen LogP contribution in [0.3, 0.4) is 0 Å². The lowest BCUT2D eigenvalue weighted by atomic mass is 10.3. The van der Waals surface area contributed by atoms with E-state index in [1.165, 1.54) is 0 Å². The number of halogens is 1. The number of hydrogen-bond donors (Lipinski definition) is 1. The Morgan fingerprint density at radius 1 is 1.42 bits per heavy atom. The van der Waals surface area contributed by atoms with Crippen LogP contribution >= 0.6 is 24.2 Å². The first-order chi connectivity index (χ1) is 5.72. The molecule has 0 bridgehead atoms. The predicted molar refractivity (Wildman–Crippen MR) is 54.4 cm³/mol. The van der Waals surface area contributed by atoms with Gasteiger partial charge in [0, 0.05) is 11.8 Å². The quantitative estimate of drug-likeness (QED) is 0.619. The number of hydrogen-bond acceptors (Lipinski definition) is 1. The van der Waals surface area contributed by atoms with Gasteiger partial charge >= 0.3 is 0 Å². The highest BCUT2D eigenvalue weighted by Crippen LogP contribution is 2.29. The Hall–Kier alpha value is -0.600. The Morgan fingerprint density at radius 2 is 2.17 bits per heavy atom. The normalized spacial score (nSPS) is 10.9. The molecule has 2 aromatic rings. The molecule has 0 spiro atoms. The molecule has 2 heterocycles. The van der Waals surface area contributed by atoms with Gasteiger partial charge in [-0.2, -0.15) is 0 Å². The molecule has 0 saturated heterocycles. The SMILES string of the molecule is Cc1c(Cl)c2ccccn2c1S. The third kappa shape index (κ3) is 0.952. The van der Waals surface area contributed by atoms with Gasteiger partial charge in [0.25, 0.3) is 0 Å². The van der Waals surface area contributed by atoms with Crippen LogP contribution in [-0.4, -0.2) is 4.40 Å². The number of thiol groups is 1. The summed E-state index contributed by atoms with van der Waals surface area (Å²) < 4.78 is 1.97. The lowest BCUT2D eigenvalue weighted by Crippen LogP contribution is -1.81. The zero-order valence-electron chi connectivity index (χ0n) is 6.58. The van der Waals surface area contributed by atoms with E-state index >= 15 is 0 Å². The molecule has 0 unspecified atom stereocenters. The van der Waals surface area contributed by atoms with Gasteiger partial charge in [-0.15, -0.1) is 12.6 Å². The number of fused-ring (bicyclic) bond motifs is 1. The van der Waals surface area contributed by atoms with Gasteiger partial charge in [-0.25, -0.2) is 0 Å². The molecular weight excluding hydrogens is 190 g/mol. The summed E-state index contributed by atoms with van der Waals surface area (Å²) in [7, 11) is 0. The first-order valence-corrected chi connectivity index (χ1v) is 4.48. The van der Waals surface area contributed by atoms with E-state index in [0.29, 0.717) is 0 Å². The smallest absolute Gasteiger partial charge is 0.0808 e. The van der Waals surface area contributed by atoms with Crippen LogP contribution in [0.15, 0.2) is 29.4 Å². The molecule has 3 heteroatoms. The van der Waals surface area contributed by atoms with Crippen LogP contribution < -0.4 is 0 Å². The number of rotatable bonds is 0. The van der Waals surface area contributed by atoms with Crippen molar-refractivity contribution in [3.63, 3.8) is 0 Å². The monoisotopic (exact) mass is 197 g/mol. The molecule has 62 valence electrons. The number of aromatic nitrogens is 1. The third-order valence-electron chi connectivity index (χ3n) is 1.98. The van der Waals surface area contributed by atoms with Crippen LogP contribution in [0.25, 0.3) is 5.52 Å². The molecule has 0 fully saturated rings. The molecule has 0 saturated carbocycles. The first-order valence-electron chi connectivity index (χ1n) is 3.66. The fraction of sp³-hybridized carbons (Fsp3) is 0.111. The van der Waals surface area contributed by atoms with Gasteiger partial charge in [-0.05, 0) is 19.1 Å². The lowest BCUT2D eigenvalue weighted by Gasteiger charge is -1.94. The van der Waals surface area contributed by atoms with E-state index in [0.717, 1.165) is 21.1 Å². The van der Waals surface area contributed by atoms with E-state index in [2.05, 4.69) is 12.6 Å². The Bertz CT molecular complexity index is 394. The molecule has 0 aromatic carbocycles. The average molecular weight is 198 g/mol. The molecule has 1 nitrogen and oxygen atoms in total. The minimum Gasteiger partial charge on any atom is -0.310 e. The summed E-state index contributed by atoms with van der Waals surface area (Å²) >= 11 is 10.4. The maximum Gasteiger partial charge on any atom is 0.0808 e. The molecule has 0 aliphatic carbocycles. The van der Waals surface area contributed by atoms with Crippen LogP contribution in [0.2, 0.25) is 5.02 Å². The zero-order chi connectivity index (χ0) is 8.72. The van der Waals surface area contributed by atoms with E-state index in [1.54, 1.807) is 0 Å². The van der Waals surface area contributed by atoms with Gasteiger partial charge in [0.1, 0.15) is 0 Å². The highest BCUT2D eigenvalue weighted by atomic mass is 35.5. The second-order valence-corrected chi connectivity index (χ2v) is 3.52. The van der Waals surface area contributed by atoms with Crippen LogP contribution in [0, 0.1) is 6.92 Å². The molecule has 0 aliphatic heterocycles. The molecule has 0 N–H and O–H groups in total. The van der Waals surface area contributed by atoms with Crippen molar-refractivity contribution in [1.82, 2.24) is 4.40 Å². The molecule has 2 rings (SSSR count). The minimum atomic E-state index is 0.792. The van der Waals surface area contributed by atoms with Crippen molar-refractivity contribution in [1.29, 1.82) is 0 Å². The van der Waals surface area contributed by atoms with Crippen LogP contribution in [0.1, 0.15) is 5.56 Å². The molecule has 0 radical (unpaired) electrons. The first kappa shape index (κ1) is 8.02. The zero-order valence-corrected chi connectivity index (χ0v) is 8.23. The molecular formula is C9H8ClNS. The van der Waals surface area contributed by atoms with Gasteiger partial charge in [0.05, 0.1) is 15.6 Å². The van der Waals surface area contributed by atoms with E-state index in [4.69, 9.17) is 11.6 Å². The number of nitrogens with zero attached hydrogens (tertiary/aromatic N) is 1. The topological polar surface area (TPSA) is 4.41 Å². The van der Waals surface area contributed by atoms with Crippen molar-refractivity contribution < 1.29 is 0 Å². The fourth-order valence-corrected chi connectivity index (χ4v) is 1.87. The Morgan fingerprint density at radius 3 is 2.83 bits per heavy atom. The molecule has 12 heavy (non-hydrogen) atoms. The summed E-state index contributed by atoms with van der Waals surface area (Å²) in [6.45, 7) is 1.97. The summed E-state index contributed by atoms with van der Waals surface area (Å²) in [5.41, 5.74) is 2.05. The minimum absolute atomic E-state index is 0.792. The van der Waals surface area contributed by atoms with Crippen molar-refractivity contribution in [2.75, 3.05) is 0 Å². The molecule has 0 aliphatic rings. The van der Waals surface area contributed by atoms with E-state index < -0.39 is 0 Å². The summed E-state index contributed by atoms with van der Waals surface area (Å²) in [4.78, 5) is 0. The predicted octanol–water partition coefficient (Wildman–Crippen LogP) is 3.19. The van der Waals surface area contributed by atoms with Crippen molar-refractivity contribution in [2.24, 2.45) is 0 Å². The Kier molecular flexibility index (Phi) is 1.81. The van der Waals surface area contributed by atoms with E-state index in [-0.39, 0.29) is 0 Å².